The van der Waals surface area contributed by atoms with Crippen LogP contribution < -0.4 is 5.73 Å². The summed E-state index contributed by atoms with van der Waals surface area (Å²) in [5.41, 5.74) is 5.72. The molecule has 0 aromatic rings. The minimum Gasteiger partial charge on any atom is -0.480 e. The van der Waals surface area contributed by atoms with Crippen LogP contribution in [0.2, 0.25) is 0 Å². The number of carboxylic acids is 1. The molecule has 1 saturated heterocycles. The summed E-state index contributed by atoms with van der Waals surface area (Å²) in [4.78, 5) is 13.1. The van der Waals surface area contributed by atoms with Gasteiger partial charge in [-0.15, -0.1) is 0 Å². The molecule has 0 radical (unpaired) electrons. The number of hydrogen-bond acceptors (Lipinski definition) is 4. The van der Waals surface area contributed by atoms with E-state index in [0.29, 0.717) is 19.0 Å². The van der Waals surface area contributed by atoms with Crippen LogP contribution >= 0.6 is 0 Å². The number of hydrogen-bond donors (Lipinski definition) is 2. The molecule has 0 spiro atoms. The Hall–Kier alpha value is -0.650. The summed E-state index contributed by atoms with van der Waals surface area (Å²) >= 11 is 0. The molecule has 0 bridgehead atoms. The summed E-state index contributed by atoms with van der Waals surface area (Å²) in [6.45, 7) is 9.47. The summed E-state index contributed by atoms with van der Waals surface area (Å²) in [6, 6.07) is -0.585. The number of aliphatic carboxylic acids is 1. The average molecular weight is 244 g/mol. The lowest BCUT2D eigenvalue weighted by Crippen LogP contribution is -2.59. The number of carboxylic acid groups (broad SMARTS) is 1. The monoisotopic (exact) mass is 244 g/mol. The fraction of sp³-hybridized carbons (Fsp3) is 0.917. The first-order chi connectivity index (χ1) is 7.73. The van der Waals surface area contributed by atoms with E-state index in [2.05, 4.69) is 0 Å². The molecular weight excluding hydrogens is 220 g/mol. The lowest BCUT2D eigenvalue weighted by atomic mass is 10.00. The van der Waals surface area contributed by atoms with Crippen LogP contribution in [0.1, 0.15) is 27.7 Å². The highest BCUT2D eigenvalue weighted by Gasteiger charge is 2.38. The number of nitrogens with zero attached hydrogens (tertiary/aromatic N) is 1. The molecule has 2 atom stereocenters. The Balaban J connectivity index is 2.71. The predicted octanol–water partition coefficient (Wildman–Crippen LogP) is 0.534. The summed E-state index contributed by atoms with van der Waals surface area (Å²) in [7, 11) is 0. The SMILES string of the molecule is CC(C)C(N)CN1CC(C)(C)OCC1C(=O)O. The second-order valence-corrected chi connectivity index (χ2v) is 5.76. The van der Waals surface area contributed by atoms with Gasteiger partial charge in [0.15, 0.2) is 0 Å². The molecule has 1 heterocycles. The lowest BCUT2D eigenvalue weighted by molar-refractivity contribution is -0.162. The van der Waals surface area contributed by atoms with E-state index in [1.165, 1.54) is 0 Å². The third kappa shape index (κ3) is 3.94. The highest BCUT2D eigenvalue weighted by atomic mass is 16.5. The number of morpholine rings is 1. The van der Waals surface area contributed by atoms with Gasteiger partial charge in [-0.1, -0.05) is 13.8 Å². The van der Waals surface area contributed by atoms with Gasteiger partial charge in [-0.25, -0.2) is 0 Å². The van der Waals surface area contributed by atoms with Crippen LogP contribution in [-0.4, -0.2) is 53.4 Å². The van der Waals surface area contributed by atoms with E-state index in [-0.39, 0.29) is 18.2 Å². The first-order valence-electron chi connectivity index (χ1n) is 6.09. The minimum atomic E-state index is -0.837. The zero-order valence-electron chi connectivity index (χ0n) is 11.1. The molecular formula is C12H24N2O3. The summed E-state index contributed by atoms with van der Waals surface area (Å²) < 4.78 is 5.55. The first kappa shape index (κ1) is 14.4. The number of ether oxygens (including phenoxy) is 1. The Kier molecular flexibility index (Phi) is 4.52. The van der Waals surface area contributed by atoms with Gasteiger partial charge in [-0.3, -0.25) is 9.69 Å². The second-order valence-electron chi connectivity index (χ2n) is 5.76. The van der Waals surface area contributed by atoms with Gasteiger partial charge in [0.25, 0.3) is 0 Å². The zero-order chi connectivity index (χ0) is 13.2. The molecule has 0 aliphatic carbocycles. The molecule has 0 aromatic heterocycles. The maximum atomic E-state index is 11.2. The third-order valence-electron chi connectivity index (χ3n) is 3.24. The number of nitrogens with two attached hydrogens (primary N) is 1. The molecule has 17 heavy (non-hydrogen) atoms. The Morgan fingerprint density at radius 3 is 2.65 bits per heavy atom. The van der Waals surface area contributed by atoms with Gasteiger partial charge in [-0.2, -0.15) is 0 Å². The van der Waals surface area contributed by atoms with Gasteiger partial charge in [0, 0.05) is 19.1 Å². The van der Waals surface area contributed by atoms with Crippen molar-refractivity contribution in [2.45, 2.75) is 45.4 Å². The van der Waals surface area contributed by atoms with Crippen molar-refractivity contribution in [1.82, 2.24) is 4.90 Å². The van der Waals surface area contributed by atoms with E-state index in [9.17, 15) is 4.79 Å². The van der Waals surface area contributed by atoms with Crippen LogP contribution in [0, 0.1) is 5.92 Å². The normalized spacial score (nSPS) is 27.1. The van der Waals surface area contributed by atoms with Crippen LogP contribution in [-0.2, 0) is 9.53 Å². The third-order valence-corrected chi connectivity index (χ3v) is 3.24. The van der Waals surface area contributed by atoms with Gasteiger partial charge in [0.1, 0.15) is 6.04 Å². The predicted molar refractivity (Wildman–Crippen MR) is 65.8 cm³/mol. The van der Waals surface area contributed by atoms with Crippen molar-refractivity contribution in [3.8, 4) is 0 Å². The number of carbonyl (C=O) groups is 1. The second kappa shape index (κ2) is 5.33. The largest absolute Gasteiger partial charge is 0.480 e. The molecule has 5 nitrogen and oxygen atoms in total. The van der Waals surface area contributed by atoms with Crippen LogP contribution in [0.5, 0.6) is 0 Å². The summed E-state index contributed by atoms with van der Waals surface area (Å²) in [5, 5.41) is 9.17. The van der Waals surface area contributed by atoms with Gasteiger partial charge >= 0.3 is 5.97 Å². The Bertz CT molecular complexity index is 279. The van der Waals surface area contributed by atoms with Crippen molar-refractivity contribution in [3.63, 3.8) is 0 Å². The Morgan fingerprint density at radius 1 is 1.59 bits per heavy atom. The van der Waals surface area contributed by atoms with Gasteiger partial charge in [0.05, 0.1) is 12.2 Å². The Labute approximate surface area is 103 Å². The standard InChI is InChI=1S/C12H24N2O3/c1-8(2)9(13)5-14-7-12(3,4)17-6-10(14)11(15)16/h8-10H,5-7,13H2,1-4H3,(H,15,16). The highest BCUT2D eigenvalue weighted by molar-refractivity contribution is 5.73. The molecule has 1 rings (SSSR count). The van der Waals surface area contributed by atoms with Crippen molar-refractivity contribution < 1.29 is 14.6 Å². The van der Waals surface area contributed by atoms with Crippen LogP contribution in [0.15, 0.2) is 0 Å². The van der Waals surface area contributed by atoms with Crippen LogP contribution in [0.3, 0.4) is 0 Å². The van der Waals surface area contributed by atoms with E-state index >= 15 is 0 Å². The lowest BCUT2D eigenvalue weighted by Gasteiger charge is -2.43. The van der Waals surface area contributed by atoms with Crippen LogP contribution in [0.25, 0.3) is 0 Å². The van der Waals surface area contributed by atoms with Crippen molar-refractivity contribution in [1.29, 1.82) is 0 Å². The molecule has 3 N–H and O–H groups in total. The quantitative estimate of drug-likeness (QED) is 0.754. The molecule has 1 aliphatic heterocycles. The van der Waals surface area contributed by atoms with Crippen molar-refractivity contribution in [2.24, 2.45) is 11.7 Å². The molecule has 1 aliphatic rings. The van der Waals surface area contributed by atoms with E-state index in [0.717, 1.165) is 0 Å². The zero-order valence-corrected chi connectivity index (χ0v) is 11.1. The maximum Gasteiger partial charge on any atom is 0.323 e. The fourth-order valence-electron chi connectivity index (χ4n) is 1.96. The van der Waals surface area contributed by atoms with Crippen molar-refractivity contribution in [2.75, 3.05) is 19.7 Å². The smallest absolute Gasteiger partial charge is 0.323 e. The number of rotatable bonds is 4. The maximum absolute atomic E-state index is 11.2. The van der Waals surface area contributed by atoms with E-state index < -0.39 is 12.0 Å². The van der Waals surface area contributed by atoms with Gasteiger partial charge < -0.3 is 15.6 Å². The van der Waals surface area contributed by atoms with Gasteiger partial charge in [0.2, 0.25) is 0 Å². The molecule has 0 saturated carbocycles. The van der Waals surface area contributed by atoms with Crippen LogP contribution in [0.4, 0.5) is 0 Å². The molecule has 2 unspecified atom stereocenters. The minimum absolute atomic E-state index is 0.00856. The first-order valence-corrected chi connectivity index (χ1v) is 6.09. The topological polar surface area (TPSA) is 75.8 Å². The fourth-order valence-corrected chi connectivity index (χ4v) is 1.96. The molecule has 0 amide bonds. The van der Waals surface area contributed by atoms with Crippen molar-refractivity contribution >= 4 is 5.97 Å². The van der Waals surface area contributed by atoms with Crippen molar-refractivity contribution in [3.05, 3.63) is 0 Å². The van der Waals surface area contributed by atoms with E-state index in [1.54, 1.807) is 0 Å². The van der Waals surface area contributed by atoms with E-state index in [1.807, 2.05) is 32.6 Å². The molecule has 1 fully saturated rings. The Morgan fingerprint density at radius 2 is 2.18 bits per heavy atom. The molecule has 5 heteroatoms. The summed E-state index contributed by atoms with van der Waals surface area (Å²) in [5.74, 6) is -0.494. The average Bonchev–Trinajstić information content (AvgIpc) is 2.15. The molecule has 0 aromatic carbocycles. The van der Waals surface area contributed by atoms with Gasteiger partial charge in [-0.05, 0) is 19.8 Å². The molecule has 100 valence electrons. The van der Waals surface area contributed by atoms with E-state index in [4.69, 9.17) is 15.6 Å². The summed E-state index contributed by atoms with van der Waals surface area (Å²) in [6.07, 6.45) is 0. The highest BCUT2D eigenvalue weighted by Crippen LogP contribution is 2.21.